The average molecular weight is 480 g/mol. The molecule has 2 unspecified atom stereocenters. The maximum atomic E-state index is 12.9. The Morgan fingerprint density at radius 2 is 2.06 bits per heavy atom. The second kappa shape index (κ2) is 8.56. The molecule has 11 nitrogen and oxygen atoms in total. The normalized spacial score (nSPS) is 24.0. The highest BCUT2D eigenvalue weighted by atomic mass is 16.2. The molecule has 1 aromatic carbocycles. The summed E-state index contributed by atoms with van der Waals surface area (Å²) >= 11 is 0. The van der Waals surface area contributed by atoms with Crippen LogP contribution in [0.5, 0.6) is 0 Å². The quantitative estimate of drug-likeness (QED) is 0.597. The third-order valence-electron chi connectivity index (χ3n) is 7.27. The number of benzene rings is 1. The Bertz CT molecular complexity index is 1220. The third-order valence-corrected chi connectivity index (χ3v) is 7.27. The molecule has 5 rings (SSSR count). The number of nitrogens with zero attached hydrogens (tertiary/aromatic N) is 5. The first kappa shape index (κ1) is 23.2. The molecule has 3 aliphatic heterocycles. The lowest BCUT2D eigenvalue weighted by atomic mass is 9.88. The van der Waals surface area contributed by atoms with Gasteiger partial charge >= 0.3 is 0 Å². The molecule has 3 aliphatic rings. The van der Waals surface area contributed by atoms with Gasteiger partial charge in [0.2, 0.25) is 11.8 Å². The lowest BCUT2D eigenvalue weighted by molar-refractivity contribution is -0.136. The van der Waals surface area contributed by atoms with Gasteiger partial charge in [-0.3, -0.25) is 24.5 Å². The van der Waals surface area contributed by atoms with Crippen LogP contribution in [-0.2, 0) is 16.1 Å². The number of likely N-dealkylation sites (tertiary alicyclic amines) is 1. The second-order valence-corrected chi connectivity index (χ2v) is 10.1. The van der Waals surface area contributed by atoms with E-state index in [1.165, 1.54) is 9.58 Å². The molecule has 2 saturated heterocycles. The Hall–Kier alpha value is -3.60. The minimum Gasteiger partial charge on any atom is -0.346 e. The molecule has 2 atom stereocenters. The number of hydrogen-bond acceptors (Lipinski definition) is 7. The third kappa shape index (κ3) is 4.20. The van der Waals surface area contributed by atoms with Gasteiger partial charge in [0.25, 0.3) is 11.8 Å². The van der Waals surface area contributed by atoms with Crippen LogP contribution in [0.1, 0.15) is 60.0 Å². The predicted molar refractivity (Wildman–Crippen MR) is 125 cm³/mol. The summed E-state index contributed by atoms with van der Waals surface area (Å²) in [5, 5.41) is 13.6. The van der Waals surface area contributed by atoms with Crippen LogP contribution in [-0.4, -0.2) is 80.1 Å². The van der Waals surface area contributed by atoms with Crippen LogP contribution in [0.4, 0.5) is 0 Å². The smallest absolute Gasteiger partial charge is 0.273 e. The molecule has 35 heavy (non-hydrogen) atoms. The Labute approximate surface area is 202 Å². The topological polar surface area (TPSA) is 130 Å². The molecule has 0 aliphatic carbocycles. The number of rotatable bonds is 5. The molecule has 11 heteroatoms. The SMILES string of the molecule is CCN1CC(NC(=O)c2cn(-c3ccc4c(c3)CN(C3CCC(=O)NC3=O)C4=O)nn2)C(C)(C)C1. The fourth-order valence-electron chi connectivity index (χ4n) is 5.17. The van der Waals surface area contributed by atoms with Crippen LogP contribution < -0.4 is 10.6 Å². The number of nitrogens with one attached hydrogen (secondary N) is 2. The maximum absolute atomic E-state index is 12.9. The van der Waals surface area contributed by atoms with Crippen LogP contribution in [0, 0.1) is 5.41 Å². The average Bonchev–Trinajstić information content (AvgIpc) is 3.50. The van der Waals surface area contributed by atoms with Crippen molar-refractivity contribution in [2.24, 2.45) is 5.41 Å². The van der Waals surface area contributed by atoms with Crippen molar-refractivity contribution in [2.45, 2.75) is 52.2 Å². The van der Waals surface area contributed by atoms with Crippen LogP contribution >= 0.6 is 0 Å². The van der Waals surface area contributed by atoms with Gasteiger partial charge in [-0.2, -0.15) is 0 Å². The first-order valence-corrected chi connectivity index (χ1v) is 11.9. The maximum Gasteiger partial charge on any atom is 0.273 e. The number of amides is 4. The molecule has 0 spiro atoms. The summed E-state index contributed by atoms with van der Waals surface area (Å²) in [5.74, 6) is -1.27. The van der Waals surface area contributed by atoms with Crippen molar-refractivity contribution in [3.8, 4) is 5.69 Å². The summed E-state index contributed by atoms with van der Waals surface area (Å²) in [7, 11) is 0. The van der Waals surface area contributed by atoms with Crippen molar-refractivity contribution >= 4 is 23.6 Å². The molecule has 0 radical (unpaired) electrons. The van der Waals surface area contributed by atoms with E-state index in [9.17, 15) is 19.2 Å². The molecule has 2 N–H and O–H groups in total. The van der Waals surface area contributed by atoms with E-state index in [0.29, 0.717) is 17.7 Å². The molecule has 4 amide bonds. The van der Waals surface area contributed by atoms with Gasteiger partial charge in [0, 0.05) is 37.7 Å². The summed E-state index contributed by atoms with van der Waals surface area (Å²) in [6.45, 7) is 9.33. The van der Waals surface area contributed by atoms with Crippen LogP contribution in [0.2, 0.25) is 0 Å². The highest BCUT2D eigenvalue weighted by Gasteiger charge is 2.40. The summed E-state index contributed by atoms with van der Waals surface area (Å²) in [4.78, 5) is 53.3. The number of hydrogen-bond donors (Lipinski definition) is 2. The standard InChI is InChI=1S/C24H29N7O4/c1-4-29-12-19(24(2,3)13-29)25-21(33)17-11-31(28-27-17)15-5-6-16-14(9-15)10-30(23(16)35)18-7-8-20(32)26-22(18)34/h5-6,9,11,18-19H,4,7-8,10,12-13H2,1-3H3,(H,25,33)(H,26,32,34). The van der Waals surface area contributed by atoms with Gasteiger partial charge < -0.3 is 15.1 Å². The summed E-state index contributed by atoms with van der Waals surface area (Å²) in [5.41, 5.74) is 2.11. The van der Waals surface area contributed by atoms with Crippen molar-refractivity contribution in [2.75, 3.05) is 19.6 Å². The summed E-state index contributed by atoms with van der Waals surface area (Å²) in [6.07, 6.45) is 2.10. The predicted octanol–water partition coefficient (Wildman–Crippen LogP) is 0.488. The number of fused-ring (bicyclic) bond motifs is 1. The summed E-state index contributed by atoms with van der Waals surface area (Å²) < 4.78 is 1.51. The van der Waals surface area contributed by atoms with E-state index in [0.717, 1.165) is 25.2 Å². The monoisotopic (exact) mass is 479 g/mol. The van der Waals surface area contributed by atoms with Crippen LogP contribution in [0.25, 0.3) is 5.69 Å². The molecular weight excluding hydrogens is 450 g/mol. The fourth-order valence-corrected chi connectivity index (χ4v) is 5.17. The first-order valence-electron chi connectivity index (χ1n) is 11.9. The number of carbonyl (C=O) groups is 4. The highest BCUT2D eigenvalue weighted by Crippen LogP contribution is 2.30. The minimum absolute atomic E-state index is 0.0179. The van der Waals surface area contributed by atoms with Gasteiger partial charge in [-0.15, -0.1) is 5.10 Å². The zero-order valence-corrected chi connectivity index (χ0v) is 20.1. The minimum atomic E-state index is -0.666. The van der Waals surface area contributed by atoms with E-state index in [1.807, 2.05) is 6.07 Å². The van der Waals surface area contributed by atoms with E-state index < -0.39 is 11.9 Å². The molecular formula is C24H29N7O4. The highest BCUT2D eigenvalue weighted by molar-refractivity contribution is 6.05. The lowest BCUT2D eigenvalue weighted by Crippen LogP contribution is -2.52. The molecule has 4 heterocycles. The van der Waals surface area contributed by atoms with Gasteiger partial charge in [0.05, 0.1) is 11.9 Å². The Morgan fingerprint density at radius 1 is 1.26 bits per heavy atom. The van der Waals surface area contributed by atoms with Crippen molar-refractivity contribution < 1.29 is 19.2 Å². The number of piperidine rings is 1. The number of likely N-dealkylation sites (N-methyl/N-ethyl adjacent to an activating group) is 1. The van der Waals surface area contributed by atoms with Crippen molar-refractivity contribution in [3.05, 3.63) is 41.2 Å². The number of carbonyl (C=O) groups excluding carboxylic acids is 4. The number of aromatic nitrogens is 3. The van der Waals surface area contributed by atoms with E-state index in [-0.39, 0.29) is 47.8 Å². The van der Waals surface area contributed by atoms with Crippen molar-refractivity contribution in [1.82, 2.24) is 35.4 Å². The van der Waals surface area contributed by atoms with Gasteiger partial charge in [-0.05, 0) is 42.1 Å². The molecule has 184 valence electrons. The second-order valence-electron chi connectivity index (χ2n) is 10.1. The first-order chi connectivity index (χ1) is 16.7. The van der Waals surface area contributed by atoms with E-state index >= 15 is 0 Å². The zero-order valence-electron chi connectivity index (χ0n) is 20.1. The Kier molecular flexibility index (Phi) is 5.66. The zero-order chi connectivity index (χ0) is 24.9. The van der Waals surface area contributed by atoms with E-state index in [1.54, 1.807) is 18.3 Å². The summed E-state index contributed by atoms with van der Waals surface area (Å²) in [6, 6.07) is 4.60. The molecule has 1 aromatic heterocycles. The Morgan fingerprint density at radius 3 is 2.77 bits per heavy atom. The molecule has 2 fully saturated rings. The van der Waals surface area contributed by atoms with Gasteiger partial charge in [0.15, 0.2) is 5.69 Å². The van der Waals surface area contributed by atoms with Crippen molar-refractivity contribution in [1.29, 1.82) is 0 Å². The van der Waals surface area contributed by atoms with Crippen LogP contribution in [0.15, 0.2) is 24.4 Å². The van der Waals surface area contributed by atoms with Crippen molar-refractivity contribution in [3.63, 3.8) is 0 Å². The number of imide groups is 1. The molecule has 0 saturated carbocycles. The van der Waals surface area contributed by atoms with Gasteiger partial charge in [0.1, 0.15) is 6.04 Å². The van der Waals surface area contributed by atoms with Gasteiger partial charge in [-0.1, -0.05) is 26.0 Å². The fraction of sp³-hybridized carbons (Fsp3) is 0.500. The van der Waals surface area contributed by atoms with E-state index in [2.05, 4.69) is 46.6 Å². The largest absolute Gasteiger partial charge is 0.346 e. The van der Waals surface area contributed by atoms with Crippen LogP contribution in [0.3, 0.4) is 0 Å². The van der Waals surface area contributed by atoms with E-state index in [4.69, 9.17) is 0 Å². The molecule has 0 bridgehead atoms. The Balaban J connectivity index is 1.30. The van der Waals surface area contributed by atoms with Gasteiger partial charge in [-0.25, -0.2) is 4.68 Å². The molecule has 2 aromatic rings. The lowest BCUT2D eigenvalue weighted by Gasteiger charge is -2.29.